The van der Waals surface area contributed by atoms with Gasteiger partial charge < -0.3 is 10.2 Å². The Bertz CT molecular complexity index is 1100. The quantitative estimate of drug-likeness (QED) is 0.298. The molecule has 0 radical (unpaired) electrons. The van der Waals surface area contributed by atoms with Crippen molar-refractivity contribution < 1.29 is 14.0 Å². The molecule has 0 saturated heterocycles. The van der Waals surface area contributed by atoms with Gasteiger partial charge in [0.1, 0.15) is 11.9 Å². The van der Waals surface area contributed by atoms with Gasteiger partial charge in [0.15, 0.2) is 0 Å². The maximum absolute atomic E-state index is 14.0. The van der Waals surface area contributed by atoms with Crippen molar-refractivity contribution in [3.05, 3.63) is 106 Å². The number of halogens is 2. The van der Waals surface area contributed by atoms with Crippen LogP contribution in [0.4, 0.5) is 4.39 Å². The first-order chi connectivity index (χ1) is 17.0. The third-order valence-electron chi connectivity index (χ3n) is 5.53. The number of rotatable bonds is 12. The fourth-order valence-electron chi connectivity index (χ4n) is 3.65. The number of nitrogens with one attached hydrogen (secondary N) is 1. The molecule has 1 N–H and O–H groups in total. The smallest absolute Gasteiger partial charge is 0.243 e. The second-order valence-corrected chi connectivity index (χ2v) is 10.1. The zero-order valence-corrected chi connectivity index (χ0v) is 22.2. The first-order valence-corrected chi connectivity index (χ1v) is 13.6. The van der Waals surface area contributed by atoms with Crippen LogP contribution in [0.1, 0.15) is 30.0 Å². The van der Waals surface area contributed by atoms with Crippen LogP contribution in [0.2, 0.25) is 0 Å². The largest absolute Gasteiger partial charge is 0.354 e. The molecule has 7 heteroatoms. The molecule has 1 atom stereocenters. The second-order valence-electron chi connectivity index (χ2n) is 8.23. The summed E-state index contributed by atoms with van der Waals surface area (Å²) >= 11 is 4.80. The molecule has 0 unspecified atom stereocenters. The fraction of sp³-hybridized carbons (Fsp3) is 0.286. The highest BCUT2D eigenvalue weighted by Gasteiger charge is 2.30. The summed E-state index contributed by atoms with van der Waals surface area (Å²) in [6, 6.07) is 23.4. The summed E-state index contributed by atoms with van der Waals surface area (Å²) in [5.41, 5.74) is 2.48. The molecule has 0 spiro atoms. The van der Waals surface area contributed by atoms with E-state index < -0.39 is 6.04 Å². The summed E-state index contributed by atoms with van der Waals surface area (Å²) in [4.78, 5) is 28.5. The number of carbonyl (C=O) groups is 2. The average Bonchev–Trinajstić information content (AvgIpc) is 2.87. The highest BCUT2D eigenvalue weighted by Crippen LogP contribution is 2.20. The van der Waals surface area contributed by atoms with Gasteiger partial charge in [0, 0.05) is 29.7 Å². The molecular formula is C28H30BrFN2O2S. The minimum atomic E-state index is -0.658. The van der Waals surface area contributed by atoms with Crippen LogP contribution in [0.3, 0.4) is 0 Å². The maximum atomic E-state index is 14.0. The van der Waals surface area contributed by atoms with Crippen LogP contribution in [-0.2, 0) is 28.3 Å². The molecule has 3 aromatic rings. The van der Waals surface area contributed by atoms with E-state index in [-0.39, 0.29) is 23.4 Å². The van der Waals surface area contributed by atoms with Crippen LogP contribution in [-0.4, -0.2) is 35.1 Å². The summed E-state index contributed by atoms with van der Waals surface area (Å²) in [7, 11) is 0. The van der Waals surface area contributed by atoms with Crippen molar-refractivity contribution in [1.29, 1.82) is 0 Å². The summed E-state index contributed by atoms with van der Waals surface area (Å²) in [5.74, 6) is -0.0604. The van der Waals surface area contributed by atoms with E-state index in [2.05, 4.69) is 21.2 Å². The number of thioether (sulfide) groups is 1. The Balaban J connectivity index is 1.83. The van der Waals surface area contributed by atoms with Crippen LogP contribution in [0.5, 0.6) is 0 Å². The number of carbonyl (C=O) groups excluding carboxylic acids is 2. The van der Waals surface area contributed by atoms with Gasteiger partial charge in [-0.05, 0) is 41.3 Å². The molecule has 0 aliphatic rings. The molecule has 4 nitrogen and oxygen atoms in total. The van der Waals surface area contributed by atoms with Gasteiger partial charge in [0.2, 0.25) is 11.8 Å². The van der Waals surface area contributed by atoms with Gasteiger partial charge in [-0.25, -0.2) is 4.39 Å². The predicted molar refractivity (Wildman–Crippen MR) is 144 cm³/mol. The van der Waals surface area contributed by atoms with Gasteiger partial charge in [0.05, 0.1) is 5.75 Å². The van der Waals surface area contributed by atoms with Crippen LogP contribution >= 0.6 is 27.7 Å². The van der Waals surface area contributed by atoms with Crippen LogP contribution in [0.15, 0.2) is 83.3 Å². The Morgan fingerprint density at radius 3 is 2.34 bits per heavy atom. The molecule has 0 aliphatic heterocycles. The van der Waals surface area contributed by atoms with Gasteiger partial charge in [-0.1, -0.05) is 83.5 Å². The molecule has 3 rings (SSSR count). The van der Waals surface area contributed by atoms with Crippen LogP contribution in [0.25, 0.3) is 0 Å². The van der Waals surface area contributed by atoms with Gasteiger partial charge in [-0.2, -0.15) is 0 Å². The number of amides is 2. The highest BCUT2D eigenvalue weighted by molar-refractivity contribution is 9.10. The molecule has 0 aromatic heterocycles. The third-order valence-corrected chi connectivity index (χ3v) is 7.02. The number of benzene rings is 3. The highest BCUT2D eigenvalue weighted by atomic mass is 79.9. The Kier molecular flexibility index (Phi) is 10.8. The Hall–Kier alpha value is -2.64. The van der Waals surface area contributed by atoms with Crippen molar-refractivity contribution in [3.8, 4) is 0 Å². The molecule has 0 heterocycles. The van der Waals surface area contributed by atoms with Gasteiger partial charge in [-0.3, -0.25) is 9.59 Å². The van der Waals surface area contributed by atoms with E-state index in [1.807, 2.05) is 61.5 Å². The summed E-state index contributed by atoms with van der Waals surface area (Å²) in [6.07, 6.45) is 1.22. The third kappa shape index (κ3) is 8.51. The molecule has 184 valence electrons. The first-order valence-electron chi connectivity index (χ1n) is 11.6. The Labute approximate surface area is 219 Å². The summed E-state index contributed by atoms with van der Waals surface area (Å²) in [5, 5.41) is 2.98. The lowest BCUT2D eigenvalue weighted by Gasteiger charge is -2.31. The fourth-order valence-corrected chi connectivity index (χ4v) is 4.81. The molecule has 35 heavy (non-hydrogen) atoms. The average molecular weight is 558 g/mol. The zero-order chi connectivity index (χ0) is 25.0. The van der Waals surface area contributed by atoms with Crippen LogP contribution < -0.4 is 5.32 Å². The van der Waals surface area contributed by atoms with Crippen molar-refractivity contribution in [3.63, 3.8) is 0 Å². The maximum Gasteiger partial charge on any atom is 0.243 e. The lowest BCUT2D eigenvalue weighted by Crippen LogP contribution is -2.51. The van der Waals surface area contributed by atoms with E-state index in [4.69, 9.17) is 0 Å². The second kappa shape index (κ2) is 14.0. The SMILES string of the molecule is CCCNC(=O)[C@H](Cc1ccccc1)N(Cc1ccc(Br)cc1)C(=O)CSCc1ccccc1F. The van der Waals surface area contributed by atoms with Crippen molar-refractivity contribution in [2.75, 3.05) is 12.3 Å². The first kappa shape index (κ1) is 27.0. The summed E-state index contributed by atoms with van der Waals surface area (Å²) < 4.78 is 15.0. The number of nitrogens with zero attached hydrogens (tertiary/aromatic N) is 1. The molecule has 2 amide bonds. The van der Waals surface area contributed by atoms with E-state index in [0.29, 0.717) is 30.8 Å². The van der Waals surface area contributed by atoms with Gasteiger partial charge in [0.25, 0.3) is 0 Å². The number of hydrogen-bond donors (Lipinski definition) is 1. The lowest BCUT2D eigenvalue weighted by molar-refractivity contribution is -0.139. The van der Waals surface area contributed by atoms with Crippen molar-refractivity contribution >= 4 is 39.5 Å². The Morgan fingerprint density at radius 2 is 1.66 bits per heavy atom. The standard InChI is InChI=1S/C28H30BrFN2O2S/c1-2-16-31-28(34)26(17-21-8-4-3-5-9-21)32(18-22-12-14-24(29)15-13-22)27(33)20-35-19-23-10-6-7-11-25(23)30/h3-15,26H,2,16-20H2,1H3,(H,31,34)/t26-/m0/s1. The van der Waals surface area contributed by atoms with Gasteiger partial charge >= 0.3 is 0 Å². The minimum absolute atomic E-state index is 0.150. The molecule has 3 aromatic carbocycles. The summed E-state index contributed by atoms with van der Waals surface area (Å²) in [6.45, 7) is 2.85. The van der Waals surface area contributed by atoms with E-state index in [1.165, 1.54) is 17.8 Å². The van der Waals surface area contributed by atoms with Crippen LogP contribution in [0, 0.1) is 5.82 Å². The van der Waals surface area contributed by atoms with E-state index in [1.54, 1.807) is 23.1 Å². The molecule has 0 bridgehead atoms. The molecule has 0 fully saturated rings. The number of hydrogen-bond acceptors (Lipinski definition) is 3. The zero-order valence-electron chi connectivity index (χ0n) is 19.8. The normalized spacial score (nSPS) is 11.6. The van der Waals surface area contributed by atoms with E-state index in [0.717, 1.165) is 22.0 Å². The van der Waals surface area contributed by atoms with Gasteiger partial charge in [-0.15, -0.1) is 11.8 Å². The minimum Gasteiger partial charge on any atom is -0.354 e. The van der Waals surface area contributed by atoms with Crippen molar-refractivity contribution in [2.45, 2.75) is 38.1 Å². The monoisotopic (exact) mass is 556 g/mol. The Morgan fingerprint density at radius 1 is 0.971 bits per heavy atom. The molecular weight excluding hydrogens is 527 g/mol. The van der Waals surface area contributed by atoms with Crippen molar-refractivity contribution in [2.24, 2.45) is 0 Å². The molecule has 0 saturated carbocycles. The predicted octanol–water partition coefficient (Wildman–Crippen LogP) is 5.99. The van der Waals surface area contributed by atoms with E-state index in [9.17, 15) is 14.0 Å². The molecule has 0 aliphatic carbocycles. The van der Waals surface area contributed by atoms with Crippen molar-refractivity contribution in [1.82, 2.24) is 10.2 Å². The van der Waals surface area contributed by atoms with E-state index >= 15 is 0 Å². The lowest BCUT2D eigenvalue weighted by atomic mass is 10.0. The topological polar surface area (TPSA) is 49.4 Å².